The summed E-state index contributed by atoms with van der Waals surface area (Å²) < 4.78 is 16.8. The van der Waals surface area contributed by atoms with Gasteiger partial charge in [-0.05, 0) is 49.9 Å². The summed E-state index contributed by atoms with van der Waals surface area (Å²) in [6.45, 7) is 3.42. The van der Waals surface area contributed by atoms with Crippen molar-refractivity contribution in [3.05, 3.63) is 29.8 Å². The highest BCUT2D eigenvalue weighted by atomic mass is 16.5. The number of hydrogen-bond acceptors (Lipinski definition) is 5. The molecule has 0 spiro atoms. The largest absolute Gasteiger partial charge is 0.490 e. The Hall–Kier alpha value is -2.12. The SMILES string of the molecule is COCCC(=O)N1CCC(Oc2ccc(C(=O)N(C)CC[C@@H]3CCCCO3)cc2)CC1. The Balaban J connectivity index is 1.41. The third-order valence-electron chi connectivity index (χ3n) is 6.13. The van der Waals surface area contributed by atoms with Gasteiger partial charge in [-0.1, -0.05) is 0 Å². The minimum atomic E-state index is 0.0187. The number of carbonyl (C=O) groups excluding carboxylic acids is 2. The molecule has 0 aromatic heterocycles. The number of carbonyl (C=O) groups is 2. The first-order chi connectivity index (χ1) is 15.1. The molecule has 1 aromatic carbocycles. The number of likely N-dealkylation sites (tertiary alicyclic amines) is 1. The molecule has 7 heteroatoms. The highest BCUT2D eigenvalue weighted by Crippen LogP contribution is 2.21. The first kappa shape index (κ1) is 23.5. The molecule has 172 valence electrons. The number of rotatable bonds is 9. The van der Waals surface area contributed by atoms with Crippen LogP contribution < -0.4 is 4.74 Å². The summed E-state index contributed by atoms with van der Waals surface area (Å²) in [5.41, 5.74) is 0.665. The van der Waals surface area contributed by atoms with Crippen LogP contribution in [-0.4, -0.2) is 80.8 Å². The lowest BCUT2D eigenvalue weighted by atomic mass is 10.1. The fourth-order valence-electron chi connectivity index (χ4n) is 4.13. The molecule has 2 saturated heterocycles. The van der Waals surface area contributed by atoms with Gasteiger partial charge in [0.25, 0.3) is 5.91 Å². The van der Waals surface area contributed by atoms with E-state index in [-0.39, 0.29) is 24.0 Å². The first-order valence-corrected chi connectivity index (χ1v) is 11.5. The van der Waals surface area contributed by atoms with E-state index in [4.69, 9.17) is 14.2 Å². The molecule has 7 nitrogen and oxygen atoms in total. The molecule has 0 aliphatic carbocycles. The van der Waals surface area contributed by atoms with Crippen molar-refractivity contribution in [3.63, 3.8) is 0 Å². The molecule has 0 N–H and O–H groups in total. The van der Waals surface area contributed by atoms with Gasteiger partial charge < -0.3 is 24.0 Å². The molecule has 31 heavy (non-hydrogen) atoms. The van der Waals surface area contributed by atoms with Crippen LogP contribution in [0.15, 0.2) is 24.3 Å². The van der Waals surface area contributed by atoms with E-state index in [1.165, 1.54) is 6.42 Å². The Morgan fingerprint density at radius 2 is 1.87 bits per heavy atom. The molecule has 0 bridgehead atoms. The number of ether oxygens (including phenoxy) is 3. The Labute approximate surface area is 185 Å². The van der Waals surface area contributed by atoms with Crippen LogP contribution in [0.25, 0.3) is 0 Å². The number of nitrogens with zero attached hydrogens (tertiary/aromatic N) is 2. The zero-order chi connectivity index (χ0) is 22.1. The van der Waals surface area contributed by atoms with Crippen LogP contribution in [0.4, 0.5) is 0 Å². The van der Waals surface area contributed by atoms with Crippen molar-refractivity contribution < 1.29 is 23.8 Å². The second-order valence-corrected chi connectivity index (χ2v) is 8.47. The van der Waals surface area contributed by atoms with E-state index in [0.717, 1.165) is 44.5 Å². The minimum Gasteiger partial charge on any atom is -0.490 e. The molecule has 0 saturated carbocycles. The van der Waals surface area contributed by atoms with E-state index in [1.54, 1.807) is 12.0 Å². The lowest BCUT2D eigenvalue weighted by Crippen LogP contribution is -2.42. The van der Waals surface area contributed by atoms with Crippen LogP contribution >= 0.6 is 0 Å². The van der Waals surface area contributed by atoms with Crippen LogP contribution in [0.2, 0.25) is 0 Å². The summed E-state index contributed by atoms with van der Waals surface area (Å²) in [5, 5.41) is 0. The highest BCUT2D eigenvalue weighted by Gasteiger charge is 2.24. The second-order valence-electron chi connectivity index (χ2n) is 8.47. The number of benzene rings is 1. The van der Waals surface area contributed by atoms with Crippen molar-refractivity contribution in [1.82, 2.24) is 9.80 Å². The predicted molar refractivity (Wildman–Crippen MR) is 118 cm³/mol. The zero-order valence-corrected chi connectivity index (χ0v) is 18.9. The van der Waals surface area contributed by atoms with Gasteiger partial charge in [-0.3, -0.25) is 9.59 Å². The van der Waals surface area contributed by atoms with Gasteiger partial charge in [0.1, 0.15) is 11.9 Å². The predicted octanol–water partition coefficient (Wildman–Crippen LogP) is 3.12. The zero-order valence-electron chi connectivity index (χ0n) is 18.9. The van der Waals surface area contributed by atoms with Crippen molar-refractivity contribution >= 4 is 11.8 Å². The van der Waals surface area contributed by atoms with Crippen molar-refractivity contribution in [1.29, 1.82) is 0 Å². The average Bonchev–Trinajstić information content (AvgIpc) is 2.82. The van der Waals surface area contributed by atoms with Crippen LogP contribution in [0.1, 0.15) is 55.3 Å². The van der Waals surface area contributed by atoms with E-state index < -0.39 is 0 Å². The molecular formula is C24H36N2O5. The summed E-state index contributed by atoms with van der Waals surface area (Å²) in [6.07, 6.45) is 6.76. The topological polar surface area (TPSA) is 68.3 Å². The van der Waals surface area contributed by atoms with E-state index >= 15 is 0 Å². The normalized spacial score (nSPS) is 19.8. The Kier molecular flexibility index (Phi) is 9.15. The van der Waals surface area contributed by atoms with Crippen LogP contribution in [-0.2, 0) is 14.3 Å². The van der Waals surface area contributed by atoms with E-state index in [1.807, 2.05) is 36.2 Å². The lowest BCUT2D eigenvalue weighted by Gasteiger charge is -2.32. The molecular weight excluding hydrogens is 396 g/mol. The fraction of sp³-hybridized carbons (Fsp3) is 0.667. The Morgan fingerprint density at radius 3 is 2.52 bits per heavy atom. The summed E-state index contributed by atoms with van der Waals surface area (Å²) in [6, 6.07) is 7.38. The van der Waals surface area contributed by atoms with Gasteiger partial charge in [-0.25, -0.2) is 0 Å². The molecule has 2 aliphatic rings. The maximum absolute atomic E-state index is 12.7. The van der Waals surface area contributed by atoms with Gasteiger partial charge >= 0.3 is 0 Å². The number of piperidine rings is 1. The van der Waals surface area contributed by atoms with Gasteiger partial charge in [0.15, 0.2) is 0 Å². The smallest absolute Gasteiger partial charge is 0.253 e. The second kappa shape index (κ2) is 12.1. The molecule has 2 fully saturated rings. The van der Waals surface area contributed by atoms with Gasteiger partial charge in [-0.2, -0.15) is 0 Å². The number of amides is 2. The van der Waals surface area contributed by atoms with Crippen molar-refractivity contribution in [2.45, 2.75) is 57.2 Å². The van der Waals surface area contributed by atoms with E-state index in [2.05, 4.69) is 0 Å². The maximum atomic E-state index is 12.7. The molecule has 3 rings (SSSR count). The van der Waals surface area contributed by atoms with Gasteiger partial charge in [0, 0.05) is 58.8 Å². The summed E-state index contributed by atoms with van der Waals surface area (Å²) in [4.78, 5) is 28.4. The molecule has 1 aromatic rings. The summed E-state index contributed by atoms with van der Waals surface area (Å²) in [7, 11) is 3.45. The third kappa shape index (κ3) is 7.21. The van der Waals surface area contributed by atoms with E-state index in [0.29, 0.717) is 38.2 Å². The molecule has 0 radical (unpaired) electrons. The summed E-state index contributed by atoms with van der Waals surface area (Å²) >= 11 is 0. The van der Waals surface area contributed by atoms with Crippen LogP contribution in [0, 0.1) is 0 Å². The average molecular weight is 433 g/mol. The highest BCUT2D eigenvalue weighted by molar-refractivity contribution is 5.94. The lowest BCUT2D eigenvalue weighted by molar-refractivity contribution is -0.133. The quantitative estimate of drug-likeness (QED) is 0.600. The van der Waals surface area contributed by atoms with Crippen molar-refractivity contribution in [2.75, 3.05) is 47.0 Å². The van der Waals surface area contributed by atoms with Crippen molar-refractivity contribution in [2.24, 2.45) is 0 Å². The molecule has 2 aliphatic heterocycles. The van der Waals surface area contributed by atoms with Gasteiger partial charge in [0.2, 0.25) is 5.91 Å². The summed E-state index contributed by atoms with van der Waals surface area (Å²) in [5.74, 6) is 0.923. The minimum absolute atomic E-state index is 0.0187. The van der Waals surface area contributed by atoms with E-state index in [9.17, 15) is 9.59 Å². The van der Waals surface area contributed by atoms with Crippen molar-refractivity contribution in [3.8, 4) is 5.75 Å². The standard InChI is InChI=1S/C24H36N2O5/c1-25(14-10-20-5-3-4-17-30-20)24(28)19-6-8-21(9-7-19)31-22-11-15-26(16-12-22)23(27)13-18-29-2/h6-9,20,22H,3-5,10-18H2,1-2H3/t20-/m0/s1. The van der Waals surface area contributed by atoms with Crippen LogP contribution in [0.5, 0.6) is 5.75 Å². The molecule has 1 atom stereocenters. The monoisotopic (exact) mass is 432 g/mol. The van der Waals surface area contributed by atoms with Gasteiger partial charge in [0.05, 0.1) is 19.1 Å². The van der Waals surface area contributed by atoms with Crippen LogP contribution in [0.3, 0.4) is 0 Å². The molecule has 2 amide bonds. The Morgan fingerprint density at radius 1 is 1.13 bits per heavy atom. The van der Waals surface area contributed by atoms with Gasteiger partial charge in [-0.15, -0.1) is 0 Å². The first-order valence-electron chi connectivity index (χ1n) is 11.5. The fourth-order valence-corrected chi connectivity index (χ4v) is 4.13. The number of hydrogen-bond donors (Lipinski definition) is 0. The molecule has 2 heterocycles. The Bertz CT molecular complexity index is 694. The number of methoxy groups -OCH3 is 1. The molecule has 0 unspecified atom stereocenters. The third-order valence-corrected chi connectivity index (χ3v) is 6.13. The maximum Gasteiger partial charge on any atom is 0.253 e.